The Morgan fingerprint density at radius 2 is 1.94 bits per heavy atom. The highest BCUT2D eigenvalue weighted by Gasteiger charge is 2.12. The lowest BCUT2D eigenvalue weighted by Crippen LogP contribution is -2.35. The van der Waals surface area contributed by atoms with Gasteiger partial charge in [0.1, 0.15) is 6.10 Å². The number of ether oxygens (including phenoxy) is 1. The van der Waals surface area contributed by atoms with E-state index in [-0.39, 0.29) is 12.0 Å². The Hall–Kier alpha value is -1.35. The minimum absolute atomic E-state index is 0.0646. The monoisotopic (exact) mass is 221 g/mol. The third kappa shape index (κ3) is 3.66. The minimum Gasteiger partial charge on any atom is -0.372 e. The van der Waals surface area contributed by atoms with Gasteiger partial charge in [0.2, 0.25) is 5.91 Å². The molecular weight excluding hydrogens is 202 g/mol. The number of carbonyl (C=O) groups excluding carboxylic acids is 1. The largest absolute Gasteiger partial charge is 0.372 e. The van der Waals surface area contributed by atoms with Crippen LogP contribution in [0, 0.1) is 0 Å². The van der Waals surface area contributed by atoms with E-state index < -0.39 is 0 Å². The normalized spacial score (nSPS) is 14.2. The molecule has 0 spiro atoms. The molecule has 88 valence electrons. The van der Waals surface area contributed by atoms with Crippen LogP contribution in [0.4, 0.5) is 0 Å². The molecule has 0 aliphatic carbocycles. The van der Waals surface area contributed by atoms with E-state index in [1.54, 1.807) is 6.92 Å². The molecule has 1 rings (SSSR count). The molecule has 3 heteroatoms. The molecule has 0 fully saturated rings. The Labute approximate surface area is 96.8 Å². The maximum Gasteiger partial charge on any atom is 0.248 e. The Morgan fingerprint density at radius 1 is 1.31 bits per heavy atom. The predicted octanol–water partition coefficient (Wildman–Crippen LogP) is 1.94. The van der Waals surface area contributed by atoms with Crippen LogP contribution in [-0.2, 0) is 9.53 Å². The van der Waals surface area contributed by atoms with Crippen LogP contribution in [0.25, 0.3) is 0 Å². The zero-order valence-corrected chi connectivity index (χ0v) is 10.1. The Bertz CT molecular complexity index is 324. The molecule has 1 aromatic carbocycles. The summed E-state index contributed by atoms with van der Waals surface area (Å²) in [7, 11) is 1.53. The minimum atomic E-state index is -0.386. The maximum atomic E-state index is 11.5. The summed E-state index contributed by atoms with van der Waals surface area (Å²) < 4.78 is 4.94. The average molecular weight is 221 g/mol. The van der Waals surface area contributed by atoms with Gasteiger partial charge in [0.15, 0.2) is 0 Å². The highest BCUT2D eigenvalue weighted by Crippen LogP contribution is 2.12. The van der Waals surface area contributed by atoms with E-state index in [0.717, 1.165) is 0 Å². The first-order valence-corrected chi connectivity index (χ1v) is 5.50. The van der Waals surface area contributed by atoms with Crippen LogP contribution in [0.1, 0.15) is 25.3 Å². The Balaban J connectivity index is 2.42. The van der Waals surface area contributed by atoms with Gasteiger partial charge in [-0.05, 0) is 18.4 Å². The number of methoxy groups -OCH3 is 1. The highest BCUT2D eigenvalue weighted by molar-refractivity contribution is 5.80. The van der Waals surface area contributed by atoms with Crippen LogP contribution in [0.3, 0.4) is 0 Å². The maximum absolute atomic E-state index is 11.5. The van der Waals surface area contributed by atoms with Crippen molar-refractivity contribution in [1.82, 2.24) is 5.32 Å². The van der Waals surface area contributed by atoms with Gasteiger partial charge in [0.25, 0.3) is 0 Å². The average Bonchev–Trinajstić information content (AvgIpc) is 2.35. The number of hydrogen-bond acceptors (Lipinski definition) is 2. The van der Waals surface area contributed by atoms with Crippen molar-refractivity contribution in [3.05, 3.63) is 35.9 Å². The van der Waals surface area contributed by atoms with Crippen molar-refractivity contribution in [3.63, 3.8) is 0 Å². The molecule has 0 aliphatic rings. The summed E-state index contributed by atoms with van der Waals surface area (Å²) in [4.78, 5) is 11.5. The van der Waals surface area contributed by atoms with Gasteiger partial charge in [-0.3, -0.25) is 4.79 Å². The van der Waals surface area contributed by atoms with Crippen molar-refractivity contribution in [2.45, 2.75) is 25.9 Å². The summed E-state index contributed by atoms with van der Waals surface area (Å²) in [6, 6.07) is 10.1. The predicted molar refractivity (Wildman–Crippen MR) is 64.3 cm³/mol. The number of amides is 1. The quantitative estimate of drug-likeness (QED) is 0.825. The van der Waals surface area contributed by atoms with Crippen LogP contribution >= 0.6 is 0 Å². The third-order valence-corrected chi connectivity index (χ3v) is 2.67. The number of nitrogens with one attached hydrogen (secondary N) is 1. The first-order valence-electron chi connectivity index (χ1n) is 5.50. The second kappa shape index (κ2) is 6.28. The fourth-order valence-corrected chi connectivity index (χ4v) is 1.40. The lowest BCUT2D eigenvalue weighted by Gasteiger charge is -2.15. The molecule has 3 nitrogen and oxygen atoms in total. The molecule has 0 radical (unpaired) electrons. The van der Waals surface area contributed by atoms with Crippen molar-refractivity contribution in [3.8, 4) is 0 Å². The topological polar surface area (TPSA) is 38.3 Å². The summed E-state index contributed by atoms with van der Waals surface area (Å²) in [6.45, 7) is 4.46. The van der Waals surface area contributed by atoms with Gasteiger partial charge >= 0.3 is 0 Å². The molecular formula is C13H19NO2. The summed E-state index contributed by atoms with van der Waals surface area (Å²) in [6.07, 6.45) is -0.386. The van der Waals surface area contributed by atoms with E-state index in [1.165, 1.54) is 12.7 Å². The summed E-state index contributed by atoms with van der Waals surface area (Å²) in [5.41, 5.74) is 1.23. The van der Waals surface area contributed by atoms with Crippen molar-refractivity contribution in [2.24, 2.45) is 0 Å². The molecule has 0 saturated carbocycles. The molecule has 1 aromatic rings. The summed E-state index contributed by atoms with van der Waals surface area (Å²) in [5, 5.41) is 2.87. The summed E-state index contributed by atoms with van der Waals surface area (Å²) in [5.74, 6) is 0.250. The fourth-order valence-electron chi connectivity index (χ4n) is 1.40. The first-order chi connectivity index (χ1) is 7.65. The molecule has 0 bridgehead atoms. The van der Waals surface area contributed by atoms with Gasteiger partial charge in [0, 0.05) is 13.7 Å². The van der Waals surface area contributed by atoms with Crippen molar-refractivity contribution < 1.29 is 9.53 Å². The lowest BCUT2D eigenvalue weighted by molar-refractivity contribution is -0.130. The molecule has 1 N–H and O–H groups in total. The number of carbonyl (C=O) groups is 1. The van der Waals surface area contributed by atoms with Crippen LogP contribution in [0.2, 0.25) is 0 Å². The van der Waals surface area contributed by atoms with Gasteiger partial charge in [-0.1, -0.05) is 37.3 Å². The molecule has 0 saturated heterocycles. The van der Waals surface area contributed by atoms with E-state index in [1.807, 2.05) is 18.2 Å². The molecule has 16 heavy (non-hydrogen) atoms. The zero-order valence-electron chi connectivity index (χ0n) is 10.1. The van der Waals surface area contributed by atoms with Gasteiger partial charge in [-0.25, -0.2) is 0 Å². The van der Waals surface area contributed by atoms with Gasteiger partial charge in [0.05, 0.1) is 0 Å². The van der Waals surface area contributed by atoms with E-state index >= 15 is 0 Å². The van der Waals surface area contributed by atoms with Gasteiger partial charge in [-0.15, -0.1) is 0 Å². The van der Waals surface area contributed by atoms with E-state index in [0.29, 0.717) is 12.5 Å². The molecule has 0 aromatic heterocycles. The summed E-state index contributed by atoms with van der Waals surface area (Å²) >= 11 is 0. The lowest BCUT2D eigenvalue weighted by atomic mass is 10.0. The third-order valence-electron chi connectivity index (χ3n) is 2.67. The van der Waals surface area contributed by atoms with Crippen LogP contribution in [0.15, 0.2) is 30.3 Å². The highest BCUT2D eigenvalue weighted by atomic mass is 16.5. The molecule has 1 amide bonds. The van der Waals surface area contributed by atoms with E-state index in [4.69, 9.17) is 4.74 Å². The fraction of sp³-hybridized carbons (Fsp3) is 0.462. The van der Waals surface area contributed by atoms with Gasteiger partial charge < -0.3 is 10.1 Å². The van der Waals surface area contributed by atoms with Crippen LogP contribution < -0.4 is 5.32 Å². The molecule has 2 atom stereocenters. The number of rotatable bonds is 5. The van der Waals surface area contributed by atoms with Crippen molar-refractivity contribution in [1.29, 1.82) is 0 Å². The number of hydrogen-bond donors (Lipinski definition) is 1. The Kier molecular flexibility index (Phi) is 4.99. The number of benzene rings is 1. The molecule has 0 unspecified atom stereocenters. The van der Waals surface area contributed by atoms with Gasteiger partial charge in [-0.2, -0.15) is 0 Å². The second-order valence-corrected chi connectivity index (χ2v) is 3.93. The van der Waals surface area contributed by atoms with E-state index in [2.05, 4.69) is 24.4 Å². The van der Waals surface area contributed by atoms with Crippen molar-refractivity contribution >= 4 is 5.91 Å². The standard InChI is InChI=1S/C13H19NO2/c1-10(12-7-5-4-6-8-12)9-14-13(15)11(2)16-3/h4-8,10-11H,9H2,1-3H3,(H,14,15)/t10-,11-/m1/s1. The van der Waals surface area contributed by atoms with Crippen LogP contribution in [-0.4, -0.2) is 25.7 Å². The first kappa shape index (κ1) is 12.7. The molecule has 0 aliphatic heterocycles. The molecule has 0 heterocycles. The van der Waals surface area contributed by atoms with E-state index in [9.17, 15) is 4.79 Å². The Morgan fingerprint density at radius 3 is 2.50 bits per heavy atom. The smallest absolute Gasteiger partial charge is 0.248 e. The second-order valence-electron chi connectivity index (χ2n) is 3.93. The van der Waals surface area contributed by atoms with Crippen LogP contribution in [0.5, 0.6) is 0 Å². The SMILES string of the molecule is CO[C@H](C)C(=O)NC[C@@H](C)c1ccccc1. The van der Waals surface area contributed by atoms with Crippen molar-refractivity contribution in [2.75, 3.05) is 13.7 Å². The zero-order chi connectivity index (χ0) is 12.0.